The van der Waals surface area contributed by atoms with Crippen LogP contribution in [0.1, 0.15) is 43.0 Å². The molecule has 0 aromatic carbocycles. The number of ether oxygens (including phenoxy) is 1. The van der Waals surface area contributed by atoms with Crippen LogP contribution in [0.2, 0.25) is 0 Å². The van der Waals surface area contributed by atoms with E-state index in [4.69, 9.17) is 9.15 Å². The number of carbonyl (C=O) groups excluding carboxylic acids is 1. The molecule has 1 amide bonds. The van der Waals surface area contributed by atoms with Crippen LogP contribution in [0, 0.1) is 6.92 Å². The predicted octanol–water partition coefficient (Wildman–Crippen LogP) is 2.30. The highest BCUT2D eigenvalue weighted by molar-refractivity contribution is 5.81. The van der Waals surface area contributed by atoms with Crippen LogP contribution in [0.5, 0.6) is 0 Å². The number of hydrogen-bond acceptors (Lipinski definition) is 5. The summed E-state index contributed by atoms with van der Waals surface area (Å²) < 4.78 is 14.4. The van der Waals surface area contributed by atoms with E-state index in [1.54, 1.807) is 0 Å². The van der Waals surface area contributed by atoms with E-state index < -0.39 is 11.7 Å². The van der Waals surface area contributed by atoms with Gasteiger partial charge in [0.05, 0.1) is 13.1 Å². The lowest BCUT2D eigenvalue weighted by atomic mass is 9.88. The molecule has 2 fully saturated rings. The minimum Gasteiger partial charge on any atom is -0.465 e. The van der Waals surface area contributed by atoms with Crippen molar-refractivity contribution in [2.24, 2.45) is 0 Å². The lowest BCUT2D eigenvalue weighted by Crippen LogP contribution is -2.54. The van der Waals surface area contributed by atoms with Crippen LogP contribution >= 0.6 is 0 Å². The zero-order valence-electron chi connectivity index (χ0n) is 16.5. The normalized spacial score (nSPS) is 24.6. The Morgan fingerprint density at radius 3 is 2.71 bits per heavy atom. The van der Waals surface area contributed by atoms with Crippen molar-refractivity contribution in [3.8, 4) is 0 Å². The molecule has 2 aromatic heterocycles. The van der Waals surface area contributed by atoms with Gasteiger partial charge in [-0.15, -0.1) is 0 Å². The third kappa shape index (κ3) is 3.16. The molecule has 0 radical (unpaired) electrons. The first kappa shape index (κ1) is 17.9. The van der Waals surface area contributed by atoms with Crippen LogP contribution in [-0.2, 0) is 28.2 Å². The van der Waals surface area contributed by atoms with E-state index >= 15 is 0 Å². The first-order chi connectivity index (χ1) is 13.6. The maximum Gasteiger partial charge on any atom is 0.253 e. The summed E-state index contributed by atoms with van der Waals surface area (Å²) in [6.07, 6.45) is 7.30. The van der Waals surface area contributed by atoms with Crippen molar-refractivity contribution >= 4 is 5.91 Å². The molecular formula is C21H28N4O3. The average Bonchev–Trinajstić information content (AvgIpc) is 3.45. The Morgan fingerprint density at radius 1 is 1.21 bits per heavy atom. The maximum atomic E-state index is 13.0. The first-order valence-electron chi connectivity index (χ1n) is 10.4. The van der Waals surface area contributed by atoms with Crippen LogP contribution in [0.15, 0.2) is 28.9 Å². The second kappa shape index (κ2) is 7.04. The second-order valence-electron chi connectivity index (χ2n) is 8.32. The fourth-order valence-corrected chi connectivity index (χ4v) is 4.87. The Bertz CT molecular complexity index is 843. The van der Waals surface area contributed by atoms with Crippen molar-refractivity contribution < 1.29 is 13.9 Å². The Morgan fingerprint density at radius 2 is 2.00 bits per heavy atom. The molecule has 0 aliphatic carbocycles. The molecule has 7 nitrogen and oxygen atoms in total. The van der Waals surface area contributed by atoms with Gasteiger partial charge in [0.1, 0.15) is 22.9 Å². The number of nitrogens with zero attached hydrogens (tertiary/aromatic N) is 4. The number of rotatable bonds is 3. The summed E-state index contributed by atoms with van der Waals surface area (Å²) in [5.41, 5.74) is -0.461. The van der Waals surface area contributed by atoms with Crippen molar-refractivity contribution in [3.63, 3.8) is 0 Å². The fourth-order valence-electron chi connectivity index (χ4n) is 4.87. The maximum absolute atomic E-state index is 13.0. The number of aryl methyl sites for hydroxylation is 1. The average molecular weight is 384 g/mol. The molecular weight excluding hydrogens is 356 g/mol. The van der Waals surface area contributed by atoms with Crippen LogP contribution < -0.4 is 0 Å². The molecule has 3 aliphatic heterocycles. The Kier molecular flexibility index (Phi) is 4.51. The monoisotopic (exact) mass is 384 g/mol. The van der Waals surface area contributed by atoms with Gasteiger partial charge in [-0.05, 0) is 44.7 Å². The molecule has 2 saturated heterocycles. The molecule has 0 saturated carbocycles. The van der Waals surface area contributed by atoms with Gasteiger partial charge in [0, 0.05) is 38.6 Å². The van der Waals surface area contributed by atoms with E-state index in [0.29, 0.717) is 6.54 Å². The lowest BCUT2D eigenvalue weighted by molar-refractivity contribution is -0.180. The fraction of sp³-hybridized carbons (Fsp3) is 0.619. The number of furan rings is 1. The van der Waals surface area contributed by atoms with Crippen molar-refractivity contribution in [2.45, 2.75) is 57.4 Å². The predicted molar refractivity (Wildman–Crippen MR) is 103 cm³/mol. The number of carbonyl (C=O) groups is 1. The molecule has 1 spiro atoms. The largest absolute Gasteiger partial charge is 0.465 e. The minimum atomic E-state index is -0.461. The summed E-state index contributed by atoms with van der Waals surface area (Å²) in [4.78, 5) is 22.0. The number of amides is 1. The van der Waals surface area contributed by atoms with Crippen molar-refractivity contribution in [1.82, 2.24) is 19.4 Å². The summed E-state index contributed by atoms with van der Waals surface area (Å²) >= 11 is 0. The molecule has 28 heavy (non-hydrogen) atoms. The van der Waals surface area contributed by atoms with E-state index in [9.17, 15) is 4.79 Å². The van der Waals surface area contributed by atoms with Crippen molar-refractivity contribution in [2.75, 3.05) is 26.2 Å². The number of hydrogen-bond donors (Lipinski definition) is 0. The van der Waals surface area contributed by atoms with Gasteiger partial charge in [-0.2, -0.15) is 0 Å². The molecule has 5 heterocycles. The van der Waals surface area contributed by atoms with Gasteiger partial charge in [0.25, 0.3) is 5.91 Å². The van der Waals surface area contributed by atoms with Crippen molar-refractivity contribution in [1.29, 1.82) is 0 Å². The molecule has 5 rings (SSSR count). The van der Waals surface area contributed by atoms with Crippen LogP contribution in [-0.4, -0.2) is 57.5 Å². The molecule has 0 bridgehead atoms. The van der Waals surface area contributed by atoms with E-state index in [0.717, 1.165) is 75.8 Å². The zero-order valence-corrected chi connectivity index (χ0v) is 16.5. The molecule has 150 valence electrons. The summed E-state index contributed by atoms with van der Waals surface area (Å²) in [5.74, 6) is 3.07. The van der Waals surface area contributed by atoms with Gasteiger partial charge in [-0.25, -0.2) is 4.98 Å². The van der Waals surface area contributed by atoms with Gasteiger partial charge in [0.15, 0.2) is 6.10 Å². The molecule has 2 aromatic rings. The van der Waals surface area contributed by atoms with E-state index in [2.05, 4.69) is 14.5 Å². The van der Waals surface area contributed by atoms with Gasteiger partial charge in [0.2, 0.25) is 0 Å². The topological polar surface area (TPSA) is 63.7 Å². The molecule has 3 aliphatic rings. The highest BCUT2D eigenvalue weighted by Gasteiger charge is 2.47. The van der Waals surface area contributed by atoms with Gasteiger partial charge in [-0.1, -0.05) is 0 Å². The molecule has 1 atom stereocenters. The molecule has 0 unspecified atom stereocenters. The highest BCUT2D eigenvalue weighted by atomic mass is 16.5. The third-order valence-corrected chi connectivity index (χ3v) is 6.39. The summed E-state index contributed by atoms with van der Waals surface area (Å²) in [7, 11) is 0. The van der Waals surface area contributed by atoms with Gasteiger partial charge >= 0.3 is 0 Å². The first-order valence-corrected chi connectivity index (χ1v) is 10.4. The van der Waals surface area contributed by atoms with Crippen molar-refractivity contribution in [3.05, 3.63) is 41.9 Å². The van der Waals surface area contributed by atoms with Crippen LogP contribution in [0.3, 0.4) is 0 Å². The zero-order chi connectivity index (χ0) is 19.1. The second-order valence-corrected chi connectivity index (χ2v) is 8.32. The third-order valence-electron chi connectivity index (χ3n) is 6.39. The Hall–Kier alpha value is -2.12. The highest BCUT2D eigenvalue weighted by Crippen LogP contribution is 2.40. The number of imidazole rings is 1. The smallest absolute Gasteiger partial charge is 0.253 e. The summed E-state index contributed by atoms with van der Waals surface area (Å²) in [5, 5.41) is 0. The van der Waals surface area contributed by atoms with Crippen LogP contribution in [0.4, 0.5) is 0 Å². The summed E-state index contributed by atoms with van der Waals surface area (Å²) in [6.45, 7) is 6.88. The molecule has 7 heteroatoms. The lowest BCUT2D eigenvalue weighted by Gasteiger charge is -2.45. The van der Waals surface area contributed by atoms with Gasteiger partial charge < -0.3 is 18.6 Å². The SMILES string of the molecule is Cc1ccc(CN2CCC3(CC2)O[C@@H](C(=O)N2CCCC2)Cn2ccnc23)o1. The molecule has 0 N–H and O–H groups in total. The number of likely N-dealkylation sites (tertiary alicyclic amines) is 2. The van der Waals surface area contributed by atoms with Gasteiger partial charge in [-0.3, -0.25) is 9.69 Å². The number of piperidine rings is 1. The number of aromatic nitrogens is 2. The number of fused-ring (bicyclic) bond motifs is 2. The minimum absolute atomic E-state index is 0.143. The van der Waals surface area contributed by atoms with Crippen LogP contribution in [0.25, 0.3) is 0 Å². The standard InChI is InChI=1S/C21H28N4O3/c1-16-4-5-17(27-16)14-23-11-6-21(7-12-23)20-22-8-13-25(20)15-18(28-21)19(26)24-9-2-3-10-24/h4-5,8,13,18H,2-3,6-7,9-12,14-15H2,1H3/t18-/m1/s1. The quantitative estimate of drug-likeness (QED) is 0.813. The Balaban J connectivity index is 1.31. The van der Waals surface area contributed by atoms with E-state index in [-0.39, 0.29) is 5.91 Å². The summed E-state index contributed by atoms with van der Waals surface area (Å²) in [6, 6.07) is 4.06. The van der Waals surface area contributed by atoms with E-state index in [1.165, 1.54) is 0 Å². The Labute approximate surface area is 165 Å². The van der Waals surface area contributed by atoms with E-state index in [1.807, 2.05) is 36.4 Å².